The first-order valence-corrected chi connectivity index (χ1v) is 4.57. The maximum Gasteiger partial charge on any atom is 0.323 e. The number of oxazole rings is 1. The Morgan fingerprint density at radius 3 is 2.93 bits per heavy atom. The van der Waals surface area contributed by atoms with E-state index in [2.05, 4.69) is 4.98 Å². The Morgan fingerprint density at radius 1 is 1.79 bits per heavy atom. The predicted octanol–water partition coefficient (Wildman–Crippen LogP) is 1.04. The Balaban J connectivity index is 2.13. The summed E-state index contributed by atoms with van der Waals surface area (Å²) in [6.07, 6.45) is 3.65. The van der Waals surface area contributed by atoms with E-state index < -0.39 is 5.97 Å². The molecule has 0 radical (unpaired) electrons. The normalized spacial score (nSPS) is 15.5. The SMILES string of the molecule is Cc1cnc(N(CC(=O)O)C2CC2)o1. The van der Waals surface area contributed by atoms with Crippen LogP contribution >= 0.6 is 0 Å². The standard InChI is InChI=1S/C9H12N2O3/c1-6-4-10-9(14-6)11(5-8(12)13)7-2-3-7/h4,7H,2-3,5H2,1H3,(H,12,13). The summed E-state index contributed by atoms with van der Waals surface area (Å²) in [6.45, 7) is 1.76. The number of carboxylic acid groups (broad SMARTS) is 1. The zero-order chi connectivity index (χ0) is 10.1. The number of hydrogen-bond acceptors (Lipinski definition) is 4. The van der Waals surface area contributed by atoms with Gasteiger partial charge in [-0.2, -0.15) is 0 Å². The third-order valence-electron chi connectivity index (χ3n) is 2.15. The second-order valence-corrected chi connectivity index (χ2v) is 3.51. The molecule has 76 valence electrons. The lowest BCUT2D eigenvalue weighted by molar-refractivity contribution is -0.135. The molecular weight excluding hydrogens is 184 g/mol. The highest BCUT2D eigenvalue weighted by Crippen LogP contribution is 2.30. The van der Waals surface area contributed by atoms with Gasteiger partial charge in [-0.25, -0.2) is 4.98 Å². The summed E-state index contributed by atoms with van der Waals surface area (Å²) < 4.78 is 5.30. The predicted molar refractivity (Wildman–Crippen MR) is 49.2 cm³/mol. The summed E-state index contributed by atoms with van der Waals surface area (Å²) in [5, 5.41) is 8.72. The van der Waals surface area contributed by atoms with Crippen molar-refractivity contribution in [1.29, 1.82) is 0 Å². The van der Waals surface area contributed by atoms with Crippen molar-refractivity contribution in [3.63, 3.8) is 0 Å². The second kappa shape index (κ2) is 3.32. The summed E-state index contributed by atoms with van der Waals surface area (Å²) in [4.78, 5) is 16.3. The van der Waals surface area contributed by atoms with Crippen molar-refractivity contribution in [3.8, 4) is 0 Å². The highest BCUT2D eigenvalue weighted by Gasteiger charge is 2.33. The first-order chi connectivity index (χ1) is 6.66. The topological polar surface area (TPSA) is 66.6 Å². The van der Waals surface area contributed by atoms with Crippen LogP contribution in [0.2, 0.25) is 0 Å². The summed E-state index contributed by atoms with van der Waals surface area (Å²) in [5.41, 5.74) is 0. The molecule has 1 aliphatic rings. The lowest BCUT2D eigenvalue weighted by Crippen LogP contribution is -2.31. The number of carboxylic acids is 1. The van der Waals surface area contributed by atoms with Crippen molar-refractivity contribution in [1.82, 2.24) is 4.98 Å². The van der Waals surface area contributed by atoms with Gasteiger partial charge in [-0.15, -0.1) is 0 Å². The molecule has 0 unspecified atom stereocenters. The molecule has 0 aliphatic heterocycles. The Labute approximate surface area is 81.3 Å². The zero-order valence-corrected chi connectivity index (χ0v) is 7.93. The molecule has 0 amide bonds. The quantitative estimate of drug-likeness (QED) is 0.779. The van der Waals surface area contributed by atoms with Crippen molar-refractivity contribution in [2.24, 2.45) is 0 Å². The summed E-state index contributed by atoms with van der Waals surface area (Å²) in [7, 11) is 0. The minimum absolute atomic E-state index is 0.0371. The van der Waals surface area contributed by atoms with E-state index in [0.29, 0.717) is 17.8 Å². The van der Waals surface area contributed by atoms with Crippen LogP contribution in [0.15, 0.2) is 10.6 Å². The van der Waals surface area contributed by atoms with Crippen LogP contribution in [0.4, 0.5) is 6.01 Å². The van der Waals surface area contributed by atoms with Gasteiger partial charge in [0.1, 0.15) is 12.3 Å². The maximum absolute atomic E-state index is 10.6. The highest BCUT2D eigenvalue weighted by molar-refractivity contribution is 5.72. The molecule has 5 nitrogen and oxygen atoms in total. The van der Waals surface area contributed by atoms with E-state index in [1.165, 1.54) is 0 Å². The van der Waals surface area contributed by atoms with Crippen LogP contribution in [0.5, 0.6) is 0 Å². The molecule has 14 heavy (non-hydrogen) atoms. The Morgan fingerprint density at radius 2 is 2.50 bits per heavy atom. The van der Waals surface area contributed by atoms with E-state index in [-0.39, 0.29) is 6.54 Å². The van der Waals surface area contributed by atoms with Gasteiger partial charge in [-0.3, -0.25) is 4.79 Å². The molecule has 1 heterocycles. The van der Waals surface area contributed by atoms with Gasteiger partial charge in [-0.05, 0) is 19.8 Å². The van der Waals surface area contributed by atoms with Crippen LogP contribution in [0.1, 0.15) is 18.6 Å². The minimum atomic E-state index is -0.854. The van der Waals surface area contributed by atoms with E-state index in [0.717, 1.165) is 12.8 Å². The second-order valence-electron chi connectivity index (χ2n) is 3.51. The number of aryl methyl sites for hydroxylation is 1. The first kappa shape index (κ1) is 9.05. The number of carbonyl (C=O) groups is 1. The molecular formula is C9H12N2O3. The monoisotopic (exact) mass is 196 g/mol. The molecule has 5 heteroatoms. The van der Waals surface area contributed by atoms with Crippen molar-refractivity contribution in [2.75, 3.05) is 11.4 Å². The van der Waals surface area contributed by atoms with Gasteiger partial charge in [0.05, 0.1) is 6.20 Å². The number of aliphatic carboxylic acids is 1. The smallest absolute Gasteiger partial charge is 0.323 e. The van der Waals surface area contributed by atoms with Crippen molar-refractivity contribution < 1.29 is 14.3 Å². The third-order valence-corrected chi connectivity index (χ3v) is 2.15. The average molecular weight is 196 g/mol. The molecule has 2 rings (SSSR count). The van der Waals surface area contributed by atoms with Crippen LogP contribution in [0, 0.1) is 6.92 Å². The summed E-state index contributed by atoms with van der Waals surface area (Å²) in [5.74, 6) is -0.149. The molecule has 0 atom stereocenters. The van der Waals surface area contributed by atoms with Gasteiger partial charge in [0.15, 0.2) is 0 Å². The van der Waals surface area contributed by atoms with Gasteiger partial charge in [0.2, 0.25) is 0 Å². The van der Waals surface area contributed by atoms with Crippen LogP contribution in [-0.4, -0.2) is 28.6 Å². The van der Waals surface area contributed by atoms with Crippen LogP contribution < -0.4 is 4.90 Å². The molecule has 1 fully saturated rings. The molecule has 1 saturated carbocycles. The Bertz CT molecular complexity index is 344. The average Bonchev–Trinajstić information content (AvgIpc) is 2.85. The van der Waals surface area contributed by atoms with Crippen molar-refractivity contribution >= 4 is 12.0 Å². The van der Waals surface area contributed by atoms with Gasteiger partial charge in [0, 0.05) is 6.04 Å². The number of hydrogen-bond donors (Lipinski definition) is 1. The lowest BCUT2D eigenvalue weighted by atomic mass is 10.5. The Hall–Kier alpha value is -1.52. The number of nitrogens with zero attached hydrogens (tertiary/aromatic N) is 2. The fourth-order valence-corrected chi connectivity index (χ4v) is 1.36. The number of aromatic nitrogens is 1. The van der Waals surface area contributed by atoms with Gasteiger partial charge in [-0.1, -0.05) is 0 Å². The van der Waals surface area contributed by atoms with E-state index in [1.807, 2.05) is 0 Å². The van der Waals surface area contributed by atoms with Crippen LogP contribution in [0.3, 0.4) is 0 Å². The molecule has 1 aromatic rings. The molecule has 0 spiro atoms. The van der Waals surface area contributed by atoms with Crippen LogP contribution in [0.25, 0.3) is 0 Å². The molecule has 0 aromatic carbocycles. The number of rotatable bonds is 4. The molecule has 0 saturated heterocycles. The van der Waals surface area contributed by atoms with Gasteiger partial charge in [0.25, 0.3) is 6.01 Å². The Kier molecular flexibility index (Phi) is 2.15. The van der Waals surface area contributed by atoms with Crippen molar-refractivity contribution in [3.05, 3.63) is 12.0 Å². The van der Waals surface area contributed by atoms with Crippen LogP contribution in [-0.2, 0) is 4.79 Å². The minimum Gasteiger partial charge on any atom is -0.480 e. The van der Waals surface area contributed by atoms with Gasteiger partial charge >= 0.3 is 5.97 Å². The fourth-order valence-electron chi connectivity index (χ4n) is 1.36. The maximum atomic E-state index is 10.6. The largest absolute Gasteiger partial charge is 0.480 e. The molecule has 1 aliphatic carbocycles. The highest BCUT2D eigenvalue weighted by atomic mass is 16.4. The van der Waals surface area contributed by atoms with Crippen molar-refractivity contribution in [2.45, 2.75) is 25.8 Å². The van der Waals surface area contributed by atoms with E-state index in [4.69, 9.17) is 9.52 Å². The summed E-state index contributed by atoms with van der Waals surface area (Å²) in [6, 6.07) is 0.719. The van der Waals surface area contributed by atoms with E-state index >= 15 is 0 Å². The lowest BCUT2D eigenvalue weighted by Gasteiger charge is -2.16. The van der Waals surface area contributed by atoms with Gasteiger partial charge < -0.3 is 14.4 Å². The van der Waals surface area contributed by atoms with E-state index in [9.17, 15) is 4.79 Å². The number of anilines is 1. The zero-order valence-electron chi connectivity index (χ0n) is 7.93. The first-order valence-electron chi connectivity index (χ1n) is 4.57. The fraction of sp³-hybridized carbons (Fsp3) is 0.556. The molecule has 1 N–H and O–H groups in total. The van der Waals surface area contributed by atoms with E-state index in [1.54, 1.807) is 18.0 Å². The summed E-state index contributed by atoms with van der Waals surface area (Å²) >= 11 is 0. The molecule has 0 bridgehead atoms. The third kappa shape index (κ3) is 1.86. The molecule has 1 aromatic heterocycles.